The molecule has 6 heteroatoms. The van der Waals surface area contributed by atoms with Gasteiger partial charge in [0.1, 0.15) is 0 Å². The van der Waals surface area contributed by atoms with Gasteiger partial charge in [0.2, 0.25) is 5.95 Å². The zero-order valence-electron chi connectivity index (χ0n) is 8.81. The molecule has 0 spiro atoms. The van der Waals surface area contributed by atoms with Crippen molar-refractivity contribution in [1.82, 2.24) is 15.3 Å². The smallest absolute Gasteiger partial charge is 0.338 e. The average molecular weight is 222 g/mol. The SMILES string of the molecule is O=C(O)c1cnc(NC2CCCNC2)nc1. The molecule has 1 aromatic heterocycles. The number of rotatable bonds is 3. The zero-order chi connectivity index (χ0) is 11.4. The molecule has 1 saturated heterocycles. The molecule has 3 N–H and O–H groups in total. The first-order chi connectivity index (χ1) is 7.75. The number of carboxylic acid groups (broad SMARTS) is 1. The van der Waals surface area contributed by atoms with Gasteiger partial charge in [0.15, 0.2) is 0 Å². The number of nitrogens with zero attached hydrogens (tertiary/aromatic N) is 2. The molecule has 1 atom stereocenters. The van der Waals surface area contributed by atoms with Crippen molar-refractivity contribution in [3.63, 3.8) is 0 Å². The highest BCUT2D eigenvalue weighted by molar-refractivity contribution is 5.86. The Balaban J connectivity index is 1.96. The summed E-state index contributed by atoms with van der Waals surface area (Å²) in [7, 11) is 0. The van der Waals surface area contributed by atoms with E-state index in [0.717, 1.165) is 25.9 Å². The van der Waals surface area contributed by atoms with Crippen LogP contribution in [-0.4, -0.2) is 40.2 Å². The van der Waals surface area contributed by atoms with E-state index in [4.69, 9.17) is 5.11 Å². The van der Waals surface area contributed by atoms with Crippen LogP contribution in [0, 0.1) is 0 Å². The van der Waals surface area contributed by atoms with Crippen LogP contribution < -0.4 is 10.6 Å². The van der Waals surface area contributed by atoms with Gasteiger partial charge in [0.25, 0.3) is 0 Å². The van der Waals surface area contributed by atoms with Gasteiger partial charge >= 0.3 is 5.97 Å². The zero-order valence-corrected chi connectivity index (χ0v) is 8.81. The quantitative estimate of drug-likeness (QED) is 0.683. The van der Waals surface area contributed by atoms with Gasteiger partial charge in [0.05, 0.1) is 5.56 Å². The summed E-state index contributed by atoms with van der Waals surface area (Å²) in [6.07, 6.45) is 4.84. The van der Waals surface area contributed by atoms with E-state index in [1.165, 1.54) is 12.4 Å². The lowest BCUT2D eigenvalue weighted by atomic mass is 10.1. The highest BCUT2D eigenvalue weighted by Gasteiger charge is 2.13. The van der Waals surface area contributed by atoms with E-state index >= 15 is 0 Å². The molecule has 0 saturated carbocycles. The standard InChI is InChI=1S/C10H14N4O2/c15-9(16)7-4-12-10(13-5-7)14-8-2-1-3-11-6-8/h4-5,8,11H,1-3,6H2,(H,15,16)(H,12,13,14). The van der Waals surface area contributed by atoms with Crippen molar-refractivity contribution in [2.75, 3.05) is 18.4 Å². The van der Waals surface area contributed by atoms with Crippen LogP contribution >= 0.6 is 0 Å². The first-order valence-electron chi connectivity index (χ1n) is 5.28. The van der Waals surface area contributed by atoms with Crippen molar-refractivity contribution in [1.29, 1.82) is 0 Å². The van der Waals surface area contributed by atoms with Gasteiger partial charge < -0.3 is 15.7 Å². The Morgan fingerprint density at radius 2 is 2.25 bits per heavy atom. The molecule has 0 aliphatic carbocycles. The summed E-state index contributed by atoms with van der Waals surface area (Å²) in [5, 5.41) is 15.1. The van der Waals surface area contributed by atoms with Gasteiger partial charge in [-0.05, 0) is 19.4 Å². The molecule has 1 aliphatic rings. The van der Waals surface area contributed by atoms with E-state index < -0.39 is 5.97 Å². The fourth-order valence-corrected chi connectivity index (χ4v) is 1.67. The maximum atomic E-state index is 10.6. The van der Waals surface area contributed by atoms with Crippen LogP contribution in [0.25, 0.3) is 0 Å². The monoisotopic (exact) mass is 222 g/mol. The van der Waals surface area contributed by atoms with Gasteiger partial charge in [-0.15, -0.1) is 0 Å². The summed E-state index contributed by atoms with van der Waals surface area (Å²) >= 11 is 0. The maximum absolute atomic E-state index is 10.6. The van der Waals surface area contributed by atoms with Crippen LogP contribution in [0.3, 0.4) is 0 Å². The second-order valence-electron chi connectivity index (χ2n) is 3.79. The normalized spacial score (nSPS) is 20.4. The minimum Gasteiger partial charge on any atom is -0.478 e. The molecule has 0 amide bonds. The van der Waals surface area contributed by atoms with Crippen LogP contribution in [0.1, 0.15) is 23.2 Å². The second kappa shape index (κ2) is 4.89. The number of hydrogen-bond acceptors (Lipinski definition) is 5. The minimum absolute atomic E-state index is 0.104. The van der Waals surface area contributed by atoms with Gasteiger partial charge in [-0.2, -0.15) is 0 Å². The van der Waals surface area contributed by atoms with Crippen LogP contribution in [-0.2, 0) is 0 Å². The fourth-order valence-electron chi connectivity index (χ4n) is 1.67. The third-order valence-electron chi connectivity index (χ3n) is 2.53. The third-order valence-corrected chi connectivity index (χ3v) is 2.53. The molecule has 2 rings (SSSR count). The molecule has 0 bridgehead atoms. The Morgan fingerprint density at radius 3 is 2.81 bits per heavy atom. The summed E-state index contributed by atoms with van der Waals surface area (Å²) in [5.41, 5.74) is 0.104. The second-order valence-corrected chi connectivity index (χ2v) is 3.79. The predicted molar refractivity (Wildman–Crippen MR) is 58.5 cm³/mol. The van der Waals surface area contributed by atoms with Gasteiger partial charge in [-0.1, -0.05) is 0 Å². The number of aromatic carboxylic acids is 1. The van der Waals surface area contributed by atoms with Crippen molar-refractivity contribution in [3.05, 3.63) is 18.0 Å². The molecular formula is C10H14N4O2. The van der Waals surface area contributed by atoms with E-state index in [-0.39, 0.29) is 5.56 Å². The van der Waals surface area contributed by atoms with E-state index in [2.05, 4.69) is 20.6 Å². The molecule has 1 aliphatic heterocycles. The lowest BCUT2D eigenvalue weighted by Gasteiger charge is -2.23. The Morgan fingerprint density at radius 1 is 1.50 bits per heavy atom. The first kappa shape index (κ1) is 10.8. The van der Waals surface area contributed by atoms with Gasteiger partial charge in [-0.3, -0.25) is 0 Å². The minimum atomic E-state index is -1.01. The number of aromatic nitrogens is 2. The molecule has 1 unspecified atom stereocenters. The highest BCUT2D eigenvalue weighted by atomic mass is 16.4. The summed E-state index contributed by atoms with van der Waals surface area (Å²) in [4.78, 5) is 18.5. The average Bonchev–Trinajstić information content (AvgIpc) is 2.31. The van der Waals surface area contributed by atoms with E-state index in [1.54, 1.807) is 0 Å². The largest absolute Gasteiger partial charge is 0.478 e. The van der Waals surface area contributed by atoms with Crippen molar-refractivity contribution >= 4 is 11.9 Å². The first-order valence-corrected chi connectivity index (χ1v) is 5.28. The van der Waals surface area contributed by atoms with Gasteiger partial charge in [0, 0.05) is 25.0 Å². The van der Waals surface area contributed by atoms with Crippen molar-refractivity contribution in [2.45, 2.75) is 18.9 Å². The molecule has 86 valence electrons. The Bertz CT molecular complexity index is 360. The Labute approximate surface area is 93.1 Å². The van der Waals surface area contributed by atoms with E-state index in [9.17, 15) is 4.79 Å². The van der Waals surface area contributed by atoms with Crippen molar-refractivity contribution in [2.24, 2.45) is 0 Å². The van der Waals surface area contributed by atoms with Crippen LogP contribution in [0.2, 0.25) is 0 Å². The van der Waals surface area contributed by atoms with Crippen molar-refractivity contribution < 1.29 is 9.90 Å². The fraction of sp³-hybridized carbons (Fsp3) is 0.500. The van der Waals surface area contributed by atoms with Crippen LogP contribution in [0.5, 0.6) is 0 Å². The number of nitrogens with one attached hydrogen (secondary N) is 2. The highest BCUT2D eigenvalue weighted by Crippen LogP contribution is 2.08. The number of piperidine rings is 1. The molecule has 6 nitrogen and oxygen atoms in total. The van der Waals surface area contributed by atoms with E-state index in [0.29, 0.717) is 12.0 Å². The number of hydrogen-bond donors (Lipinski definition) is 3. The molecule has 0 aromatic carbocycles. The summed E-state index contributed by atoms with van der Waals surface area (Å²) in [6, 6.07) is 0.324. The van der Waals surface area contributed by atoms with Gasteiger partial charge in [-0.25, -0.2) is 14.8 Å². The summed E-state index contributed by atoms with van der Waals surface area (Å²) in [6.45, 7) is 1.95. The predicted octanol–water partition coefficient (Wildman–Crippen LogP) is 0.339. The lowest BCUT2D eigenvalue weighted by molar-refractivity contribution is 0.0696. The molecular weight excluding hydrogens is 208 g/mol. The molecule has 1 fully saturated rings. The maximum Gasteiger partial charge on any atom is 0.338 e. The van der Waals surface area contributed by atoms with Crippen molar-refractivity contribution in [3.8, 4) is 0 Å². The lowest BCUT2D eigenvalue weighted by Crippen LogP contribution is -2.38. The summed E-state index contributed by atoms with van der Waals surface area (Å²) in [5.74, 6) is -0.524. The molecule has 2 heterocycles. The number of carbonyl (C=O) groups is 1. The Kier molecular flexibility index (Phi) is 3.31. The number of anilines is 1. The molecule has 1 aromatic rings. The molecule has 16 heavy (non-hydrogen) atoms. The summed E-state index contributed by atoms with van der Waals surface area (Å²) < 4.78 is 0. The van der Waals surface area contributed by atoms with Crippen LogP contribution in [0.4, 0.5) is 5.95 Å². The Hall–Kier alpha value is -1.69. The number of carboxylic acids is 1. The van der Waals surface area contributed by atoms with Crippen LogP contribution in [0.15, 0.2) is 12.4 Å². The third kappa shape index (κ3) is 2.66. The molecule has 0 radical (unpaired) electrons. The topological polar surface area (TPSA) is 87.1 Å². The van der Waals surface area contributed by atoms with E-state index in [1.807, 2.05) is 0 Å².